The van der Waals surface area contributed by atoms with Crippen molar-refractivity contribution in [2.45, 2.75) is 56.9 Å². The van der Waals surface area contributed by atoms with Gasteiger partial charge in [-0.15, -0.1) is 0 Å². The van der Waals surface area contributed by atoms with E-state index >= 15 is 0 Å². The molecule has 0 atom stereocenters. The van der Waals surface area contributed by atoms with Crippen molar-refractivity contribution < 1.29 is 9.69 Å². The summed E-state index contributed by atoms with van der Waals surface area (Å²) in [5.41, 5.74) is 0.628. The van der Waals surface area contributed by atoms with Gasteiger partial charge in [0.1, 0.15) is 0 Å². The summed E-state index contributed by atoms with van der Waals surface area (Å²) < 4.78 is 0. The van der Waals surface area contributed by atoms with Crippen LogP contribution in [0.15, 0.2) is 0 Å². The number of carbonyl (C=O) groups excluding carboxylic acids is 1. The van der Waals surface area contributed by atoms with Crippen LogP contribution < -0.4 is 4.90 Å². The van der Waals surface area contributed by atoms with Gasteiger partial charge in [0.25, 0.3) is 0 Å². The summed E-state index contributed by atoms with van der Waals surface area (Å²) >= 11 is 0. The average Bonchev–Trinajstić information content (AvgIpc) is 3.30. The Kier molecular flexibility index (Phi) is 2.75. The zero-order valence-corrected chi connectivity index (χ0v) is 13.2. The van der Waals surface area contributed by atoms with E-state index in [1.807, 2.05) is 4.90 Å². The van der Waals surface area contributed by atoms with Gasteiger partial charge in [-0.1, -0.05) is 0 Å². The van der Waals surface area contributed by atoms with Crippen molar-refractivity contribution in [1.82, 2.24) is 4.90 Å². The molecule has 0 aromatic heterocycles. The first-order valence-electron chi connectivity index (χ1n) is 9.36. The number of nitrogens with one attached hydrogen (secondary N) is 1. The summed E-state index contributed by atoms with van der Waals surface area (Å²) in [6.45, 7) is 4.52. The molecule has 116 valence electrons. The lowest BCUT2D eigenvalue weighted by Gasteiger charge is -2.59. The molecule has 0 aromatic rings. The normalized spacial score (nSPS) is 46.1. The van der Waals surface area contributed by atoms with Crippen molar-refractivity contribution in [1.29, 1.82) is 0 Å². The standard InChI is InChI=1S/C18H28N2O/c21-17(16-1-2-16)19-3-5-20(6-4-19)18-10-13-7-14(11-18)9-15(8-13)12-18/h13-16H,1-12H2/p+1. The van der Waals surface area contributed by atoms with E-state index in [4.69, 9.17) is 0 Å². The highest BCUT2D eigenvalue weighted by atomic mass is 16.2. The zero-order valence-electron chi connectivity index (χ0n) is 13.2. The van der Waals surface area contributed by atoms with Crippen molar-refractivity contribution in [2.75, 3.05) is 26.2 Å². The van der Waals surface area contributed by atoms with Crippen LogP contribution in [0.25, 0.3) is 0 Å². The predicted octanol–water partition coefficient (Wildman–Crippen LogP) is 1.09. The van der Waals surface area contributed by atoms with Crippen LogP contribution in [0.5, 0.6) is 0 Å². The first-order chi connectivity index (χ1) is 10.2. The second kappa shape index (κ2) is 4.47. The third-order valence-electron chi connectivity index (χ3n) is 7.39. The fraction of sp³-hybridized carbons (Fsp3) is 0.944. The van der Waals surface area contributed by atoms with Gasteiger partial charge in [-0.2, -0.15) is 0 Å². The molecule has 21 heavy (non-hydrogen) atoms. The molecule has 4 bridgehead atoms. The highest BCUT2D eigenvalue weighted by molar-refractivity contribution is 5.81. The summed E-state index contributed by atoms with van der Waals surface area (Å²) in [6, 6.07) is 0. The zero-order chi connectivity index (χ0) is 14.0. The largest absolute Gasteiger partial charge is 0.331 e. The fourth-order valence-electron chi connectivity index (χ4n) is 6.66. The van der Waals surface area contributed by atoms with Crippen molar-refractivity contribution in [3.8, 4) is 0 Å². The van der Waals surface area contributed by atoms with E-state index in [1.165, 1.54) is 51.6 Å². The molecule has 1 saturated heterocycles. The van der Waals surface area contributed by atoms with Crippen LogP contribution in [0.2, 0.25) is 0 Å². The number of quaternary nitrogens is 1. The van der Waals surface area contributed by atoms with Crippen LogP contribution in [-0.4, -0.2) is 42.5 Å². The van der Waals surface area contributed by atoms with Crippen molar-refractivity contribution in [2.24, 2.45) is 23.7 Å². The molecule has 1 N–H and O–H groups in total. The smallest absolute Gasteiger partial charge is 0.226 e. The molecule has 3 nitrogen and oxygen atoms in total. The number of piperazine rings is 1. The minimum atomic E-state index is 0.408. The molecular weight excluding hydrogens is 260 g/mol. The van der Waals surface area contributed by atoms with Crippen molar-refractivity contribution in [3.05, 3.63) is 0 Å². The molecule has 6 aliphatic rings. The summed E-state index contributed by atoms with van der Waals surface area (Å²) in [5.74, 6) is 4.03. The van der Waals surface area contributed by atoms with Crippen LogP contribution >= 0.6 is 0 Å². The van der Waals surface area contributed by atoms with E-state index in [1.54, 1.807) is 0 Å². The van der Waals surface area contributed by atoms with Gasteiger partial charge in [0.05, 0.1) is 31.7 Å². The molecule has 5 aliphatic carbocycles. The molecule has 0 spiro atoms. The predicted molar refractivity (Wildman–Crippen MR) is 80.9 cm³/mol. The van der Waals surface area contributed by atoms with E-state index in [0.717, 1.165) is 43.7 Å². The fourth-order valence-corrected chi connectivity index (χ4v) is 6.66. The van der Waals surface area contributed by atoms with E-state index in [0.29, 0.717) is 17.4 Å². The van der Waals surface area contributed by atoms with Crippen LogP contribution in [0, 0.1) is 23.7 Å². The van der Waals surface area contributed by atoms with E-state index in [2.05, 4.69) is 4.90 Å². The van der Waals surface area contributed by atoms with Gasteiger partial charge in [0, 0.05) is 25.2 Å². The quantitative estimate of drug-likeness (QED) is 0.809. The Morgan fingerprint density at radius 1 is 0.905 bits per heavy atom. The lowest BCUT2D eigenvalue weighted by atomic mass is 9.52. The van der Waals surface area contributed by atoms with Crippen LogP contribution in [0.4, 0.5) is 0 Å². The van der Waals surface area contributed by atoms with E-state index in [9.17, 15) is 4.79 Å². The van der Waals surface area contributed by atoms with Gasteiger partial charge in [0.15, 0.2) is 0 Å². The molecule has 1 amide bonds. The highest BCUT2D eigenvalue weighted by Crippen LogP contribution is 2.54. The number of carbonyl (C=O) groups is 1. The van der Waals surface area contributed by atoms with Crippen molar-refractivity contribution in [3.63, 3.8) is 0 Å². The molecule has 0 unspecified atom stereocenters. The van der Waals surface area contributed by atoms with Gasteiger partial charge in [0.2, 0.25) is 5.91 Å². The SMILES string of the molecule is O=C(C1CC1)N1CC[NH+](C23CC4CC(CC(C4)C2)C3)CC1. The van der Waals surface area contributed by atoms with Crippen LogP contribution in [0.1, 0.15) is 51.4 Å². The Hall–Kier alpha value is -0.570. The van der Waals surface area contributed by atoms with Gasteiger partial charge < -0.3 is 9.80 Å². The molecule has 0 radical (unpaired) electrons. The van der Waals surface area contributed by atoms with Gasteiger partial charge in [-0.25, -0.2) is 0 Å². The molecule has 0 aromatic carbocycles. The van der Waals surface area contributed by atoms with E-state index < -0.39 is 0 Å². The second-order valence-corrected chi connectivity index (χ2v) is 8.90. The summed E-state index contributed by atoms with van der Waals surface area (Å²) in [6.07, 6.45) is 11.4. The Labute approximate surface area is 128 Å². The number of hydrogen-bond donors (Lipinski definition) is 1. The maximum absolute atomic E-state index is 12.2. The van der Waals surface area contributed by atoms with Gasteiger partial charge in [-0.05, 0) is 49.9 Å². The Balaban J connectivity index is 1.28. The third-order valence-corrected chi connectivity index (χ3v) is 7.39. The molecular formula is C18H29N2O+. The van der Waals surface area contributed by atoms with Crippen LogP contribution in [-0.2, 0) is 4.79 Å². The minimum absolute atomic E-state index is 0.408. The molecule has 6 rings (SSSR count). The topological polar surface area (TPSA) is 24.8 Å². The third kappa shape index (κ3) is 2.07. The molecule has 1 heterocycles. The molecule has 6 fully saturated rings. The summed E-state index contributed by atoms with van der Waals surface area (Å²) in [4.78, 5) is 16.3. The van der Waals surface area contributed by atoms with Gasteiger partial charge in [-0.3, -0.25) is 4.79 Å². The average molecular weight is 289 g/mol. The van der Waals surface area contributed by atoms with Crippen LogP contribution in [0.3, 0.4) is 0 Å². The second-order valence-electron chi connectivity index (χ2n) is 8.90. The maximum Gasteiger partial charge on any atom is 0.226 e. The monoisotopic (exact) mass is 289 g/mol. The summed E-state index contributed by atoms with van der Waals surface area (Å²) in [5, 5.41) is 0. The van der Waals surface area contributed by atoms with Crippen molar-refractivity contribution >= 4 is 5.91 Å². The molecule has 3 heteroatoms. The first kappa shape index (κ1) is 12.9. The molecule has 1 aliphatic heterocycles. The lowest BCUT2D eigenvalue weighted by Crippen LogP contribution is -3.23. The Morgan fingerprint density at radius 3 is 1.90 bits per heavy atom. The Bertz CT molecular complexity index is 413. The maximum atomic E-state index is 12.2. The lowest BCUT2D eigenvalue weighted by molar-refractivity contribution is -0.962. The number of nitrogens with zero attached hydrogens (tertiary/aromatic N) is 1. The van der Waals surface area contributed by atoms with E-state index in [-0.39, 0.29) is 0 Å². The van der Waals surface area contributed by atoms with Gasteiger partial charge >= 0.3 is 0 Å². The number of amides is 1. The minimum Gasteiger partial charge on any atom is -0.331 e. The summed E-state index contributed by atoms with van der Waals surface area (Å²) in [7, 11) is 0. The number of hydrogen-bond acceptors (Lipinski definition) is 1. The number of rotatable bonds is 2. The first-order valence-corrected chi connectivity index (χ1v) is 9.36. The highest BCUT2D eigenvalue weighted by Gasteiger charge is 2.56. The molecule has 5 saturated carbocycles. The Morgan fingerprint density at radius 2 is 1.43 bits per heavy atom.